The maximum Gasteiger partial charge on any atom is 0.242 e. The first-order valence-corrected chi connectivity index (χ1v) is 7.12. The Morgan fingerprint density at radius 3 is 3.12 bits per heavy atom. The summed E-state index contributed by atoms with van der Waals surface area (Å²) >= 11 is 1.73. The van der Waals surface area contributed by atoms with E-state index in [9.17, 15) is 4.79 Å². The second-order valence-corrected chi connectivity index (χ2v) is 5.83. The molecule has 94 valence electrons. The van der Waals surface area contributed by atoms with E-state index in [1.54, 1.807) is 11.3 Å². The van der Waals surface area contributed by atoms with Crippen LogP contribution in [0.4, 0.5) is 0 Å². The van der Waals surface area contributed by atoms with E-state index < -0.39 is 5.54 Å². The lowest BCUT2D eigenvalue weighted by molar-refractivity contribution is -0.125. The second kappa shape index (κ2) is 4.78. The van der Waals surface area contributed by atoms with Crippen LogP contribution < -0.4 is 11.1 Å². The molecular formula is C13H20N2OS. The van der Waals surface area contributed by atoms with Gasteiger partial charge in [-0.15, -0.1) is 11.3 Å². The minimum atomic E-state index is -0.636. The smallest absolute Gasteiger partial charge is 0.242 e. The van der Waals surface area contributed by atoms with E-state index in [4.69, 9.17) is 5.73 Å². The van der Waals surface area contributed by atoms with Crippen molar-refractivity contribution < 1.29 is 4.79 Å². The predicted octanol–water partition coefficient (Wildman–Crippen LogP) is 2.15. The Morgan fingerprint density at radius 1 is 1.71 bits per heavy atom. The van der Waals surface area contributed by atoms with Gasteiger partial charge in [-0.3, -0.25) is 10.1 Å². The normalized spacial score (nSPS) is 25.3. The number of fused-ring (bicyclic) bond motifs is 1. The number of nitrogens with two attached hydrogens (primary N) is 1. The van der Waals surface area contributed by atoms with E-state index in [1.165, 1.54) is 4.88 Å². The van der Waals surface area contributed by atoms with Crippen LogP contribution in [0.15, 0.2) is 11.4 Å². The average molecular weight is 252 g/mol. The summed E-state index contributed by atoms with van der Waals surface area (Å²) in [7, 11) is 0. The molecule has 1 aromatic rings. The fourth-order valence-corrected chi connectivity index (χ4v) is 3.56. The summed E-state index contributed by atoms with van der Waals surface area (Å²) in [6, 6.07) is 2.35. The number of carbonyl (C=O) groups excluding carboxylic acids is 1. The van der Waals surface area contributed by atoms with Gasteiger partial charge in [-0.05, 0) is 49.6 Å². The van der Waals surface area contributed by atoms with Gasteiger partial charge in [0, 0.05) is 10.9 Å². The SMILES string of the molecule is CCC(C)NC1(C(N)=O)CCCc2sccc21. The number of hydrogen-bond acceptors (Lipinski definition) is 3. The van der Waals surface area contributed by atoms with Crippen LogP contribution in [0, 0.1) is 0 Å². The Morgan fingerprint density at radius 2 is 2.47 bits per heavy atom. The van der Waals surface area contributed by atoms with Crippen molar-refractivity contribution in [2.75, 3.05) is 0 Å². The molecule has 1 amide bonds. The molecule has 0 aliphatic heterocycles. The Bertz CT molecular complexity index is 415. The van der Waals surface area contributed by atoms with Gasteiger partial charge in [0.15, 0.2) is 0 Å². The second-order valence-electron chi connectivity index (χ2n) is 4.83. The van der Waals surface area contributed by atoms with Gasteiger partial charge in [0.1, 0.15) is 5.54 Å². The minimum absolute atomic E-state index is 0.239. The van der Waals surface area contributed by atoms with Crippen molar-refractivity contribution in [2.45, 2.75) is 51.1 Å². The molecule has 0 fully saturated rings. The highest BCUT2D eigenvalue weighted by Gasteiger charge is 2.42. The quantitative estimate of drug-likeness (QED) is 0.862. The van der Waals surface area contributed by atoms with Crippen LogP contribution in [0.25, 0.3) is 0 Å². The van der Waals surface area contributed by atoms with Crippen LogP contribution in [0.2, 0.25) is 0 Å². The average Bonchev–Trinajstić information content (AvgIpc) is 2.78. The van der Waals surface area contributed by atoms with Gasteiger partial charge < -0.3 is 5.73 Å². The first-order chi connectivity index (χ1) is 8.10. The van der Waals surface area contributed by atoms with Crippen LogP contribution in [-0.4, -0.2) is 11.9 Å². The molecule has 1 heterocycles. The van der Waals surface area contributed by atoms with Crippen LogP contribution >= 0.6 is 11.3 Å². The molecule has 1 aromatic heterocycles. The van der Waals surface area contributed by atoms with E-state index in [2.05, 4.69) is 30.6 Å². The van der Waals surface area contributed by atoms with Crippen molar-refractivity contribution in [3.8, 4) is 0 Å². The Hall–Kier alpha value is -0.870. The van der Waals surface area contributed by atoms with E-state index in [0.29, 0.717) is 6.04 Å². The Kier molecular flexibility index (Phi) is 3.54. The first kappa shape index (κ1) is 12.6. The molecule has 2 unspecified atom stereocenters. The minimum Gasteiger partial charge on any atom is -0.368 e. The molecule has 4 heteroatoms. The highest BCUT2D eigenvalue weighted by Crippen LogP contribution is 2.38. The van der Waals surface area contributed by atoms with Crippen molar-refractivity contribution in [2.24, 2.45) is 5.73 Å². The molecular weight excluding hydrogens is 232 g/mol. The number of nitrogens with one attached hydrogen (secondary N) is 1. The summed E-state index contributed by atoms with van der Waals surface area (Å²) in [5.74, 6) is -0.239. The first-order valence-electron chi connectivity index (χ1n) is 6.24. The zero-order valence-electron chi connectivity index (χ0n) is 10.5. The standard InChI is InChI=1S/C13H20N2OS/c1-3-9(2)15-13(12(14)16)7-4-5-11-10(13)6-8-17-11/h6,8-9,15H,3-5,7H2,1-2H3,(H2,14,16). The maximum atomic E-state index is 12.0. The van der Waals surface area contributed by atoms with E-state index in [-0.39, 0.29) is 5.91 Å². The van der Waals surface area contributed by atoms with Gasteiger partial charge in [0.2, 0.25) is 5.91 Å². The zero-order chi connectivity index (χ0) is 12.5. The molecule has 0 saturated carbocycles. The van der Waals surface area contributed by atoms with Crippen molar-refractivity contribution in [1.82, 2.24) is 5.32 Å². The molecule has 3 nitrogen and oxygen atoms in total. The molecule has 0 spiro atoms. The topological polar surface area (TPSA) is 55.1 Å². The summed E-state index contributed by atoms with van der Waals surface area (Å²) in [5, 5.41) is 5.52. The molecule has 0 bridgehead atoms. The van der Waals surface area contributed by atoms with Gasteiger partial charge in [-0.2, -0.15) is 0 Å². The molecule has 2 atom stereocenters. The number of primary amides is 1. The van der Waals surface area contributed by atoms with Gasteiger partial charge in [-0.25, -0.2) is 0 Å². The molecule has 0 aromatic carbocycles. The van der Waals surface area contributed by atoms with Crippen molar-refractivity contribution in [1.29, 1.82) is 0 Å². The van der Waals surface area contributed by atoms with Crippen LogP contribution in [0.1, 0.15) is 43.6 Å². The number of amides is 1. The molecule has 0 saturated heterocycles. The summed E-state index contributed by atoms with van der Waals surface area (Å²) in [6.45, 7) is 4.22. The molecule has 1 aliphatic carbocycles. The van der Waals surface area contributed by atoms with Crippen LogP contribution in [-0.2, 0) is 16.8 Å². The zero-order valence-corrected chi connectivity index (χ0v) is 11.3. The van der Waals surface area contributed by atoms with E-state index in [0.717, 1.165) is 31.2 Å². The largest absolute Gasteiger partial charge is 0.368 e. The van der Waals surface area contributed by atoms with Gasteiger partial charge in [-0.1, -0.05) is 6.92 Å². The molecule has 0 radical (unpaired) electrons. The third-order valence-electron chi connectivity index (χ3n) is 3.69. The predicted molar refractivity (Wildman–Crippen MR) is 71.0 cm³/mol. The van der Waals surface area contributed by atoms with Gasteiger partial charge in [0.05, 0.1) is 0 Å². The third kappa shape index (κ3) is 2.11. The lowest BCUT2D eigenvalue weighted by Gasteiger charge is -2.37. The summed E-state index contributed by atoms with van der Waals surface area (Å²) in [5.41, 5.74) is 6.16. The molecule has 17 heavy (non-hydrogen) atoms. The van der Waals surface area contributed by atoms with Crippen molar-refractivity contribution in [3.63, 3.8) is 0 Å². The lowest BCUT2D eigenvalue weighted by Crippen LogP contribution is -2.56. The molecule has 2 rings (SSSR count). The highest BCUT2D eigenvalue weighted by molar-refractivity contribution is 7.10. The van der Waals surface area contributed by atoms with Crippen molar-refractivity contribution >= 4 is 17.2 Å². The fourth-order valence-electron chi connectivity index (χ4n) is 2.56. The third-order valence-corrected chi connectivity index (χ3v) is 4.67. The lowest BCUT2D eigenvalue weighted by atomic mass is 9.79. The summed E-state index contributed by atoms with van der Waals surface area (Å²) < 4.78 is 0. The number of aryl methyl sites for hydroxylation is 1. The van der Waals surface area contributed by atoms with Crippen molar-refractivity contribution in [3.05, 3.63) is 21.9 Å². The number of thiophene rings is 1. The fraction of sp³-hybridized carbons (Fsp3) is 0.615. The molecule has 3 N–H and O–H groups in total. The maximum absolute atomic E-state index is 12.0. The van der Waals surface area contributed by atoms with E-state index >= 15 is 0 Å². The van der Waals surface area contributed by atoms with Gasteiger partial charge in [0.25, 0.3) is 0 Å². The van der Waals surface area contributed by atoms with Crippen LogP contribution in [0.3, 0.4) is 0 Å². The molecule has 1 aliphatic rings. The summed E-state index contributed by atoms with van der Waals surface area (Å²) in [6.07, 6.45) is 3.91. The Labute approximate surface area is 106 Å². The van der Waals surface area contributed by atoms with Crippen LogP contribution in [0.5, 0.6) is 0 Å². The Balaban J connectivity index is 2.40. The monoisotopic (exact) mass is 252 g/mol. The number of rotatable bonds is 4. The number of carbonyl (C=O) groups is 1. The highest BCUT2D eigenvalue weighted by atomic mass is 32.1. The summed E-state index contributed by atoms with van der Waals surface area (Å²) in [4.78, 5) is 13.3. The van der Waals surface area contributed by atoms with Gasteiger partial charge >= 0.3 is 0 Å². The van der Waals surface area contributed by atoms with E-state index in [1.807, 2.05) is 0 Å². The number of hydrogen-bond donors (Lipinski definition) is 2.